The molecule has 2 nitrogen and oxygen atoms in total. The van der Waals surface area contributed by atoms with Crippen LogP contribution in [-0.2, 0) is 0 Å². The summed E-state index contributed by atoms with van der Waals surface area (Å²) >= 11 is 0. The first kappa shape index (κ1) is 22.2. The molecule has 0 heterocycles. The average Bonchev–Trinajstić information content (AvgIpc) is 2.47. The number of hydrogen-bond donors (Lipinski definition) is 2. The van der Waals surface area contributed by atoms with Crippen molar-refractivity contribution in [3.8, 4) is 0 Å². The van der Waals surface area contributed by atoms with Gasteiger partial charge in [0.25, 0.3) is 0 Å². The smallest absolute Gasteiger partial charge is 0.00489 e. The van der Waals surface area contributed by atoms with E-state index in [4.69, 9.17) is 0 Å². The lowest BCUT2D eigenvalue weighted by Crippen LogP contribution is -2.16. The minimum absolute atomic E-state index is 1.17. The molecule has 0 aliphatic carbocycles. The Morgan fingerprint density at radius 1 is 0.400 bits per heavy atom. The average molecular weight is 287 g/mol. The maximum absolute atomic E-state index is 3.50. The lowest BCUT2D eigenvalue weighted by atomic mass is 10.2. The zero-order valence-corrected chi connectivity index (χ0v) is 14.9. The van der Waals surface area contributed by atoms with Gasteiger partial charge in [0.2, 0.25) is 0 Å². The summed E-state index contributed by atoms with van der Waals surface area (Å²) in [5.41, 5.74) is 0. The monoisotopic (exact) mass is 286 g/mol. The zero-order chi connectivity index (χ0) is 15.3. The lowest BCUT2D eigenvalue weighted by Gasteiger charge is -2.03. The van der Waals surface area contributed by atoms with Gasteiger partial charge in [0, 0.05) is 0 Å². The van der Waals surface area contributed by atoms with E-state index in [0.29, 0.717) is 0 Å². The van der Waals surface area contributed by atoms with E-state index in [2.05, 4.69) is 38.3 Å². The predicted molar refractivity (Wildman–Crippen MR) is 94.6 cm³/mol. The van der Waals surface area contributed by atoms with Gasteiger partial charge in [-0.25, -0.2) is 0 Å². The van der Waals surface area contributed by atoms with E-state index >= 15 is 0 Å². The van der Waals surface area contributed by atoms with E-state index in [0.717, 1.165) is 0 Å². The summed E-state index contributed by atoms with van der Waals surface area (Å²) in [5, 5.41) is 6.79. The Hall–Kier alpha value is -0.0800. The van der Waals surface area contributed by atoms with E-state index in [1.165, 1.54) is 90.4 Å². The van der Waals surface area contributed by atoms with Crippen molar-refractivity contribution >= 4 is 0 Å². The van der Waals surface area contributed by atoms with Crippen LogP contribution in [0.15, 0.2) is 0 Å². The Morgan fingerprint density at radius 3 is 1.15 bits per heavy atom. The van der Waals surface area contributed by atoms with Crippen LogP contribution in [-0.4, -0.2) is 26.2 Å². The highest BCUT2D eigenvalue weighted by Crippen LogP contribution is 1.98. The number of nitrogens with one attached hydrogen (secondary N) is 2. The molecule has 0 saturated heterocycles. The van der Waals surface area contributed by atoms with Gasteiger partial charge in [-0.3, -0.25) is 0 Å². The first-order valence-corrected chi connectivity index (χ1v) is 9.24. The van der Waals surface area contributed by atoms with Crippen molar-refractivity contribution in [2.45, 2.75) is 91.9 Å². The molecule has 0 aromatic heterocycles. The van der Waals surface area contributed by atoms with Gasteiger partial charge in [-0.1, -0.05) is 66.2 Å². The van der Waals surface area contributed by atoms with Crippen LogP contribution in [0.5, 0.6) is 0 Å². The molecule has 0 rings (SSSR count). The molecule has 0 unspecified atom stereocenters. The summed E-state index contributed by atoms with van der Waals surface area (Å²) in [6.45, 7) is 13.7. The van der Waals surface area contributed by atoms with Crippen LogP contribution in [0.3, 0.4) is 0 Å². The van der Waals surface area contributed by atoms with E-state index in [1.807, 2.05) is 0 Å². The standard InChI is InChI=1S/C12H27N.C6H15N/c1-3-5-7-9-11-13-12-10-8-6-4-2;1-3-5-7-6-4-2/h13H,3-12H2,1-2H3;7H,3-6H2,1-2H3. The maximum atomic E-state index is 3.50. The molecule has 0 bridgehead atoms. The van der Waals surface area contributed by atoms with Crippen LogP contribution >= 0.6 is 0 Å². The quantitative estimate of drug-likeness (QED) is 0.432. The normalized spacial score (nSPS) is 10.2. The van der Waals surface area contributed by atoms with Gasteiger partial charge in [-0.2, -0.15) is 0 Å². The first-order chi connectivity index (χ1) is 9.83. The van der Waals surface area contributed by atoms with Gasteiger partial charge >= 0.3 is 0 Å². The van der Waals surface area contributed by atoms with Crippen molar-refractivity contribution < 1.29 is 0 Å². The largest absolute Gasteiger partial charge is 0.317 e. The van der Waals surface area contributed by atoms with Crippen LogP contribution in [0.4, 0.5) is 0 Å². The summed E-state index contributed by atoms with van der Waals surface area (Å²) < 4.78 is 0. The molecule has 124 valence electrons. The zero-order valence-electron chi connectivity index (χ0n) is 14.9. The first-order valence-electron chi connectivity index (χ1n) is 9.24. The predicted octanol–water partition coefficient (Wildman–Crippen LogP) is 5.13. The van der Waals surface area contributed by atoms with E-state index < -0.39 is 0 Å². The molecule has 0 aromatic rings. The fourth-order valence-electron chi connectivity index (χ4n) is 1.96. The molecule has 2 heteroatoms. The second-order valence-corrected chi connectivity index (χ2v) is 5.62. The van der Waals surface area contributed by atoms with Gasteiger partial charge in [0.15, 0.2) is 0 Å². The van der Waals surface area contributed by atoms with Gasteiger partial charge in [0.05, 0.1) is 0 Å². The third-order valence-corrected chi connectivity index (χ3v) is 3.27. The molecule has 20 heavy (non-hydrogen) atoms. The summed E-state index contributed by atoms with van der Waals surface area (Å²) in [6.07, 6.45) is 13.5. The highest BCUT2D eigenvalue weighted by atomic mass is 14.8. The number of rotatable bonds is 14. The van der Waals surface area contributed by atoms with Crippen LogP contribution in [0.2, 0.25) is 0 Å². The van der Waals surface area contributed by atoms with Crippen LogP contribution in [0.1, 0.15) is 91.9 Å². The fourth-order valence-corrected chi connectivity index (χ4v) is 1.96. The lowest BCUT2D eigenvalue weighted by molar-refractivity contribution is 0.564. The SMILES string of the molecule is CCCCCCNCCCCCC.CCCNCCC. The topological polar surface area (TPSA) is 24.1 Å². The second-order valence-electron chi connectivity index (χ2n) is 5.62. The number of unbranched alkanes of at least 4 members (excludes halogenated alkanes) is 6. The second kappa shape index (κ2) is 24.0. The molecule has 0 amide bonds. The summed E-state index contributed by atoms with van der Waals surface area (Å²) in [5.74, 6) is 0. The van der Waals surface area contributed by atoms with Crippen molar-refractivity contribution in [3.63, 3.8) is 0 Å². The Labute approximate surface area is 129 Å². The molecule has 0 spiro atoms. The third kappa shape index (κ3) is 26.5. The molecule has 0 aliphatic heterocycles. The van der Waals surface area contributed by atoms with Crippen LogP contribution < -0.4 is 10.6 Å². The molecule has 0 atom stereocenters. The van der Waals surface area contributed by atoms with Gasteiger partial charge in [0.1, 0.15) is 0 Å². The number of hydrogen-bond acceptors (Lipinski definition) is 2. The minimum Gasteiger partial charge on any atom is -0.317 e. The van der Waals surface area contributed by atoms with Crippen molar-refractivity contribution in [2.75, 3.05) is 26.2 Å². The van der Waals surface area contributed by atoms with E-state index in [1.54, 1.807) is 0 Å². The van der Waals surface area contributed by atoms with Crippen molar-refractivity contribution in [1.29, 1.82) is 0 Å². The van der Waals surface area contributed by atoms with Crippen molar-refractivity contribution in [2.24, 2.45) is 0 Å². The molecule has 0 aliphatic rings. The van der Waals surface area contributed by atoms with E-state index in [9.17, 15) is 0 Å². The molecule has 0 saturated carbocycles. The molecule has 0 fully saturated rings. The van der Waals surface area contributed by atoms with Crippen molar-refractivity contribution in [1.82, 2.24) is 10.6 Å². The Balaban J connectivity index is 0. The van der Waals surface area contributed by atoms with Gasteiger partial charge in [-0.05, 0) is 51.9 Å². The Kier molecular flexibility index (Phi) is 26.6. The summed E-state index contributed by atoms with van der Waals surface area (Å²) in [6, 6.07) is 0. The molecule has 0 radical (unpaired) electrons. The highest BCUT2D eigenvalue weighted by Gasteiger charge is 1.89. The molecular formula is C18H42N2. The highest BCUT2D eigenvalue weighted by molar-refractivity contribution is 4.49. The maximum Gasteiger partial charge on any atom is -0.00489 e. The van der Waals surface area contributed by atoms with Crippen LogP contribution in [0.25, 0.3) is 0 Å². The van der Waals surface area contributed by atoms with Gasteiger partial charge < -0.3 is 10.6 Å². The summed E-state index contributed by atoms with van der Waals surface area (Å²) in [7, 11) is 0. The molecule has 2 N–H and O–H groups in total. The summed E-state index contributed by atoms with van der Waals surface area (Å²) in [4.78, 5) is 0. The fraction of sp³-hybridized carbons (Fsp3) is 1.00. The minimum atomic E-state index is 1.17. The van der Waals surface area contributed by atoms with E-state index in [-0.39, 0.29) is 0 Å². The third-order valence-electron chi connectivity index (χ3n) is 3.27. The van der Waals surface area contributed by atoms with Gasteiger partial charge in [-0.15, -0.1) is 0 Å². The van der Waals surface area contributed by atoms with Crippen molar-refractivity contribution in [3.05, 3.63) is 0 Å². The molecular weight excluding hydrogens is 244 g/mol. The Morgan fingerprint density at radius 2 is 0.800 bits per heavy atom. The van der Waals surface area contributed by atoms with Crippen LogP contribution in [0, 0.1) is 0 Å². The Bertz CT molecular complexity index is 123. The molecule has 0 aromatic carbocycles.